The molecular weight excluding hydrogens is 469 g/mol. The lowest BCUT2D eigenvalue weighted by Crippen LogP contribution is -2.42. The van der Waals surface area contributed by atoms with Crippen molar-refractivity contribution in [2.24, 2.45) is 5.92 Å². The monoisotopic (exact) mass is 498 g/mol. The van der Waals surface area contributed by atoms with Gasteiger partial charge in [-0.05, 0) is 54.2 Å². The Bertz CT molecular complexity index is 1080. The van der Waals surface area contributed by atoms with Crippen LogP contribution in [0, 0.1) is 5.92 Å². The summed E-state index contributed by atoms with van der Waals surface area (Å²) in [5.74, 6) is -0.163. The maximum atomic E-state index is 12.9. The topological polar surface area (TPSA) is 75.7 Å². The van der Waals surface area contributed by atoms with Gasteiger partial charge in [0, 0.05) is 25.6 Å². The van der Waals surface area contributed by atoms with Gasteiger partial charge in [-0.2, -0.15) is 17.5 Å². The molecule has 34 heavy (non-hydrogen) atoms. The standard InChI is InChI=1S/C24H29F3N2O4S/c1-17(2)19-6-8-22(9-7-19)34(31,32)29-12-10-20(11-13-29)23(30)28-15-18-4-3-5-21(14-18)33-16-24(25,26)27/h3-9,14,17,20H,10-13,15-16H2,1-2H3,(H,28,30). The zero-order valence-corrected chi connectivity index (χ0v) is 20.0. The first-order valence-electron chi connectivity index (χ1n) is 11.1. The first-order valence-corrected chi connectivity index (χ1v) is 12.6. The molecule has 1 amide bonds. The number of sulfonamides is 1. The van der Waals surface area contributed by atoms with E-state index < -0.39 is 22.8 Å². The molecular formula is C24H29F3N2O4S. The van der Waals surface area contributed by atoms with Crippen molar-refractivity contribution in [2.45, 2.75) is 50.2 Å². The summed E-state index contributed by atoms with van der Waals surface area (Å²) >= 11 is 0. The first-order chi connectivity index (χ1) is 16.0. The zero-order chi connectivity index (χ0) is 24.9. The van der Waals surface area contributed by atoms with E-state index in [4.69, 9.17) is 4.74 Å². The quantitative estimate of drug-likeness (QED) is 0.583. The molecule has 186 valence electrons. The smallest absolute Gasteiger partial charge is 0.422 e. The number of carbonyl (C=O) groups excluding carboxylic acids is 1. The average Bonchev–Trinajstić information content (AvgIpc) is 2.81. The van der Waals surface area contributed by atoms with E-state index in [0.717, 1.165) is 5.56 Å². The summed E-state index contributed by atoms with van der Waals surface area (Å²) in [7, 11) is -3.62. The van der Waals surface area contributed by atoms with Crippen LogP contribution < -0.4 is 10.1 Å². The number of benzene rings is 2. The van der Waals surface area contributed by atoms with Gasteiger partial charge < -0.3 is 10.1 Å². The minimum Gasteiger partial charge on any atom is -0.484 e. The highest BCUT2D eigenvalue weighted by Gasteiger charge is 2.32. The summed E-state index contributed by atoms with van der Waals surface area (Å²) in [4.78, 5) is 12.8. The average molecular weight is 499 g/mol. The van der Waals surface area contributed by atoms with Gasteiger partial charge in [0.05, 0.1) is 4.90 Å². The highest BCUT2D eigenvalue weighted by atomic mass is 32.2. The lowest BCUT2D eigenvalue weighted by atomic mass is 9.97. The van der Waals surface area contributed by atoms with E-state index in [0.29, 0.717) is 24.3 Å². The third kappa shape index (κ3) is 6.96. The largest absolute Gasteiger partial charge is 0.484 e. The minimum absolute atomic E-state index is 0.0732. The number of hydrogen-bond acceptors (Lipinski definition) is 4. The van der Waals surface area contributed by atoms with Gasteiger partial charge in [-0.3, -0.25) is 4.79 Å². The number of halogens is 3. The number of alkyl halides is 3. The normalized spacial score (nSPS) is 15.9. The lowest BCUT2D eigenvalue weighted by Gasteiger charge is -2.30. The predicted octanol–water partition coefficient (Wildman–Crippen LogP) is 4.47. The molecule has 1 heterocycles. The Kier molecular flexibility index (Phi) is 8.25. The number of amides is 1. The molecule has 0 aromatic heterocycles. The molecule has 0 aliphatic carbocycles. The summed E-state index contributed by atoms with van der Waals surface area (Å²) in [5, 5.41) is 2.79. The van der Waals surface area contributed by atoms with Gasteiger partial charge in [-0.25, -0.2) is 8.42 Å². The molecule has 0 atom stereocenters. The highest BCUT2D eigenvalue weighted by Crippen LogP contribution is 2.26. The summed E-state index contributed by atoms with van der Waals surface area (Å²) in [5.41, 5.74) is 1.67. The third-order valence-corrected chi connectivity index (χ3v) is 7.69. The van der Waals surface area contributed by atoms with Gasteiger partial charge >= 0.3 is 6.18 Å². The highest BCUT2D eigenvalue weighted by molar-refractivity contribution is 7.89. The van der Waals surface area contributed by atoms with E-state index in [9.17, 15) is 26.4 Å². The van der Waals surface area contributed by atoms with Gasteiger partial charge in [0.2, 0.25) is 15.9 Å². The molecule has 1 saturated heterocycles. The number of nitrogens with one attached hydrogen (secondary N) is 1. The molecule has 0 unspecified atom stereocenters. The molecule has 1 N–H and O–H groups in total. The van der Waals surface area contributed by atoms with E-state index in [1.54, 1.807) is 24.3 Å². The maximum Gasteiger partial charge on any atom is 0.422 e. The van der Waals surface area contributed by atoms with E-state index in [-0.39, 0.29) is 42.1 Å². The Morgan fingerprint density at radius 2 is 1.76 bits per heavy atom. The number of piperidine rings is 1. The zero-order valence-electron chi connectivity index (χ0n) is 19.1. The fourth-order valence-corrected chi connectivity index (χ4v) is 5.25. The van der Waals surface area contributed by atoms with Gasteiger partial charge in [0.25, 0.3) is 0 Å². The summed E-state index contributed by atoms with van der Waals surface area (Å²) in [6.07, 6.45) is -3.64. The van der Waals surface area contributed by atoms with Crippen LogP contribution in [0.25, 0.3) is 0 Å². The van der Waals surface area contributed by atoms with Crippen molar-refractivity contribution in [3.8, 4) is 5.75 Å². The van der Waals surface area contributed by atoms with Crippen LogP contribution in [0.4, 0.5) is 13.2 Å². The molecule has 2 aromatic carbocycles. The van der Waals surface area contributed by atoms with Crippen molar-refractivity contribution in [3.63, 3.8) is 0 Å². The molecule has 0 spiro atoms. The van der Waals surface area contributed by atoms with Crippen molar-refractivity contribution >= 4 is 15.9 Å². The van der Waals surface area contributed by atoms with Gasteiger partial charge in [-0.15, -0.1) is 0 Å². The van der Waals surface area contributed by atoms with Crippen LogP contribution in [0.3, 0.4) is 0 Å². The Morgan fingerprint density at radius 1 is 1.12 bits per heavy atom. The van der Waals surface area contributed by atoms with Crippen molar-refractivity contribution in [1.29, 1.82) is 0 Å². The molecule has 0 bridgehead atoms. The Labute approximate surface area is 198 Å². The summed E-state index contributed by atoms with van der Waals surface area (Å²) in [6, 6.07) is 13.0. The fraction of sp³-hybridized carbons (Fsp3) is 0.458. The van der Waals surface area contributed by atoms with Crippen LogP contribution in [-0.4, -0.2) is 44.5 Å². The molecule has 1 aliphatic rings. The van der Waals surface area contributed by atoms with Gasteiger partial charge in [0.1, 0.15) is 5.75 Å². The van der Waals surface area contributed by atoms with Crippen molar-refractivity contribution < 1.29 is 31.1 Å². The van der Waals surface area contributed by atoms with E-state index >= 15 is 0 Å². The van der Waals surface area contributed by atoms with Crippen molar-refractivity contribution in [1.82, 2.24) is 9.62 Å². The molecule has 1 fully saturated rings. The number of ether oxygens (including phenoxy) is 1. The molecule has 2 aromatic rings. The summed E-state index contributed by atoms with van der Waals surface area (Å²) in [6.45, 7) is 3.32. The molecule has 6 nitrogen and oxygen atoms in total. The van der Waals surface area contributed by atoms with E-state index in [1.807, 2.05) is 26.0 Å². The second kappa shape index (κ2) is 10.8. The predicted molar refractivity (Wildman–Crippen MR) is 122 cm³/mol. The van der Waals surface area contributed by atoms with Crippen LogP contribution in [0.5, 0.6) is 5.75 Å². The molecule has 3 rings (SSSR count). The Hall–Kier alpha value is -2.59. The lowest BCUT2D eigenvalue weighted by molar-refractivity contribution is -0.153. The fourth-order valence-electron chi connectivity index (χ4n) is 3.78. The Morgan fingerprint density at radius 3 is 2.35 bits per heavy atom. The van der Waals surface area contributed by atoms with Crippen LogP contribution in [0.15, 0.2) is 53.4 Å². The van der Waals surface area contributed by atoms with Crippen LogP contribution in [0.2, 0.25) is 0 Å². The Balaban J connectivity index is 1.51. The van der Waals surface area contributed by atoms with Gasteiger partial charge in [-0.1, -0.05) is 38.1 Å². The van der Waals surface area contributed by atoms with Crippen molar-refractivity contribution in [2.75, 3.05) is 19.7 Å². The summed E-state index contributed by atoms with van der Waals surface area (Å²) < 4.78 is 69.0. The number of nitrogens with zero attached hydrogens (tertiary/aromatic N) is 1. The number of rotatable bonds is 8. The van der Waals surface area contributed by atoms with Crippen molar-refractivity contribution in [3.05, 3.63) is 59.7 Å². The molecule has 0 saturated carbocycles. The number of carbonyl (C=O) groups is 1. The molecule has 10 heteroatoms. The first kappa shape index (κ1) is 26.0. The second-order valence-corrected chi connectivity index (χ2v) is 10.6. The van der Waals surface area contributed by atoms with Gasteiger partial charge in [0.15, 0.2) is 6.61 Å². The maximum absolute atomic E-state index is 12.9. The molecule has 1 aliphatic heterocycles. The van der Waals surface area contributed by atoms with Crippen LogP contribution in [0.1, 0.15) is 43.7 Å². The second-order valence-electron chi connectivity index (χ2n) is 8.67. The van der Waals surface area contributed by atoms with E-state index in [2.05, 4.69) is 5.32 Å². The molecule has 0 radical (unpaired) electrons. The minimum atomic E-state index is -4.43. The third-order valence-electron chi connectivity index (χ3n) is 5.78. The van der Waals surface area contributed by atoms with E-state index in [1.165, 1.54) is 16.4 Å². The van der Waals surface area contributed by atoms with Crippen LogP contribution in [-0.2, 0) is 21.4 Å². The SMILES string of the molecule is CC(C)c1ccc(S(=O)(=O)N2CCC(C(=O)NCc3cccc(OCC(F)(F)F)c3)CC2)cc1. The number of hydrogen-bond donors (Lipinski definition) is 1. The van der Waals surface area contributed by atoms with Crippen LogP contribution >= 0.6 is 0 Å².